The number of sulfonamides is 2. The van der Waals surface area contributed by atoms with Gasteiger partial charge in [0.25, 0.3) is 10.0 Å². The fourth-order valence-electron chi connectivity index (χ4n) is 4.52. The summed E-state index contributed by atoms with van der Waals surface area (Å²) in [4.78, 5) is 13.0. The molecular weight excluding hydrogens is 582 g/mol. The van der Waals surface area contributed by atoms with Crippen LogP contribution < -0.4 is 23.8 Å². The predicted molar refractivity (Wildman–Crippen MR) is 158 cm³/mol. The molecule has 0 saturated carbocycles. The Balaban J connectivity index is 1.37. The molecule has 1 aliphatic rings. The summed E-state index contributed by atoms with van der Waals surface area (Å²) in [6, 6.07) is 18.7. The number of rotatable bonds is 13. The largest absolute Gasteiger partial charge is 0.493 e. The van der Waals surface area contributed by atoms with Gasteiger partial charge in [-0.3, -0.25) is 9.10 Å². The molecule has 0 atom stereocenters. The maximum Gasteiger partial charge on any atom is 0.264 e. The minimum atomic E-state index is -4.15. The van der Waals surface area contributed by atoms with E-state index in [0.717, 1.165) is 23.6 Å². The van der Waals surface area contributed by atoms with E-state index in [9.17, 15) is 21.6 Å². The molecule has 1 heterocycles. The van der Waals surface area contributed by atoms with Crippen molar-refractivity contribution in [2.24, 2.45) is 0 Å². The second-order valence-electron chi connectivity index (χ2n) is 9.50. The highest BCUT2D eigenvalue weighted by Crippen LogP contribution is 2.32. The number of amides is 1. The fourth-order valence-corrected chi connectivity index (χ4v) is 7.48. The van der Waals surface area contributed by atoms with Gasteiger partial charge in [-0.15, -0.1) is 0 Å². The molecule has 3 aromatic rings. The van der Waals surface area contributed by atoms with Gasteiger partial charge in [0.2, 0.25) is 15.9 Å². The van der Waals surface area contributed by atoms with Gasteiger partial charge in [-0.1, -0.05) is 24.6 Å². The quantitative estimate of drug-likeness (QED) is 0.289. The molecule has 11 nitrogen and oxygen atoms in total. The molecule has 13 heteroatoms. The van der Waals surface area contributed by atoms with Crippen LogP contribution in [0.2, 0.25) is 0 Å². The first-order chi connectivity index (χ1) is 20.2. The van der Waals surface area contributed by atoms with Gasteiger partial charge >= 0.3 is 0 Å². The number of piperidine rings is 1. The van der Waals surface area contributed by atoms with Gasteiger partial charge in [0.15, 0.2) is 11.5 Å². The molecule has 1 fully saturated rings. The standard InChI is InChI=1S/C29H35N3O8S2/c1-38-27-16-15-26(21-28(27)39-2)42(36,37)32(23-9-5-3-6-10-23)22-29(33)30-17-20-40-24-11-13-25(14-12-24)41(34,35)31-18-7-4-8-19-31/h3,5-6,9-16,21H,4,7-8,17-20,22H2,1-2H3,(H,30,33). The molecule has 0 spiro atoms. The van der Waals surface area contributed by atoms with Crippen molar-refractivity contribution in [1.82, 2.24) is 9.62 Å². The zero-order valence-corrected chi connectivity index (χ0v) is 25.2. The number of hydrogen-bond acceptors (Lipinski definition) is 8. The van der Waals surface area contributed by atoms with Crippen molar-refractivity contribution >= 4 is 31.6 Å². The molecule has 42 heavy (non-hydrogen) atoms. The van der Waals surface area contributed by atoms with Gasteiger partial charge in [-0.25, -0.2) is 16.8 Å². The first-order valence-corrected chi connectivity index (χ1v) is 16.3. The molecule has 0 unspecified atom stereocenters. The van der Waals surface area contributed by atoms with Crippen LogP contribution in [-0.4, -0.2) is 74.1 Å². The minimum Gasteiger partial charge on any atom is -0.493 e. The van der Waals surface area contributed by atoms with Crippen molar-refractivity contribution in [2.45, 2.75) is 29.1 Å². The van der Waals surface area contributed by atoms with Gasteiger partial charge in [-0.2, -0.15) is 4.31 Å². The van der Waals surface area contributed by atoms with Crippen LogP contribution >= 0.6 is 0 Å². The molecule has 0 radical (unpaired) electrons. The highest BCUT2D eigenvalue weighted by Gasteiger charge is 2.28. The predicted octanol–water partition coefficient (Wildman–Crippen LogP) is 3.27. The van der Waals surface area contributed by atoms with Crippen LogP contribution in [0, 0.1) is 0 Å². The summed E-state index contributed by atoms with van der Waals surface area (Å²) >= 11 is 0. The maximum absolute atomic E-state index is 13.6. The van der Waals surface area contributed by atoms with Crippen molar-refractivity contribution in [3.8, 4) is 17.2 Å². The van der Waals surface area contributed by atoms with E-state index in [0.29, 0.717) is 30.3 Å². The minimum absolute atomic E-state index is 0.0640. The Hall–Kier alpha value is -3.81. The molecule has 1 N–H and O–H groups in total. The number of anilines is 1. The monoisotopic (exact) mass is 617 g/mol. The number of benzene rings is 3. The summed E-state index contributed by atoms with van der Waals surface area (Å²) in [5.74, 6) is 0.530. The van der Waals surface area contributed by atoms with Crippen LogP contribution in [0.4, 0.5) is 5.69 Å². The van der Waals surface area contributed by atoms with Crippen LogP contribution in [0.15, 0.2) is 82.6 Å². The number of methoxy groups -OCH3 is 2. The SMILES string of the molecule is COc1ccc(S(=O)(=O)N(CC(=O)NCCOc2ccc(S(=O)(=O)N3CCCCC3)cc2)c2ccccc2)cc1OC. The molecule has 1 amide bonds. The summed E-state index contributed by atoms with van der Waals surface area (Å²) in [5, 5.41) is 2.68. The number of ether oxygens (including phenoxy) is 3. The molecule has 0 aromatic heterocycles. The number of para-hydroxylation sites is 1. The highest BCUT2D eigenvalue weighted by molar-refractivity contribution is 7.92. The first-order valence-electron chi connectivity index (χ1n) is 13.5. The van der Waals surface area contributed by atoms with Gasteiger partial charge in [-0.05, 0) is 61.4 Å². The van der Waals surface area contributed by atoms with Gasteiger partial charge in [0.05, 0.1) is 36.2 Å². The Kier molecular flexibility index (Phi) is 10.3. The zero-order chi connectivity index (χ0) is 30.2. The second-order valence-corrected chi connectivity index (χ2v) is 13.3. The second kappa shape index (κ2) is 13.9. The summed E-state index contributed by atoms with van der Waals surface area (Å²) in [7, 11) is -4.83. The van der Waals surface area contributed by atoms with Crippen molar-refractivity contribution in [3.63, 3.8) is 0 Å². The summed E-state index contributed by atoms with van der Waals surface area (Å²) < 4.78 is 71.6. The lowest BCUT2D eigenvalue weighted by Gasteiger charge is -2.25. The van der Waals surface area contributed by atoms with Crippen molar-refractivity contribution in [2.75, 3.05) is 51.3 Å². The Labute approximate surface area is 247 Å². The van der Waals surface area contributed by atoms with E-state index in [1.54, 1.807) is 42.5 Å². The molecular formula is C29H35N3O8S2. The maximum atomic E-state index is 13.6. The van der Waals surface area contributed by atoms with E-state index < -0.39 is 32.5 Å². The molecule has 0 aliphatic carbocycles. The molecule has 1 aliphatic heterocycles. The van der Waals surface area contributed by atoms with E-state index in [1.807, 2.05) is 0 Å². The van der Waals surface area contributed by atoms with Crippen molar-refractivity contribution in [1.29, 1.82) is 0 Å². The highest BCUT2D eigenvalue weighted by atomic mass is 32.2. The average molecular weight is 618 g/mol. The van der Waals surface area contributed by atoms with Crippen LogP contribution in [-0.2, 0) is 24.8 Å². The summed E-state index contributed by atoms with van der Waals surface area (Å²) in [5.41, 5.74) is 0.318. The topological polar surface area (TPSA) is 132 Å². The summed E-state index contributed by atoms with van der Waals surface area (Å²) in [6.45, 7) is 0.780. The van der Waals surface area contributed by atoms with E-state index in [2.05, 4.69) is 5.32 Å². The first kappa shape index (κ1) is 31.1. The molecule has 0 bridgehead atoms. The van der Waals surface area contributed by atoms with Crippen molar-refractivity contribution < 1.29 is 35.8 Å². The van der Waals surface area contributed by atoms with Crippen LogP contribution in [0.25, 0.3) is 0 Å². The van der Waals surface area contributed by atoms with Crippen molar-refractivity contribution in [3.05, 3.63) is 72.8 Å². The number of carbonyl (C=O) groups excluding carboxylic acids is 1. The number of hydrogen-bond donors (Lipinski definition) is 1. The van der Waals surface area contributed by atoms with E-state index in [1.165, 1.54) is 48.9 Å². The molecule has 1 saturated heterocycles. The third-order valence-corrected chi connectivity index (χ3v) is 10.4. The summed E-state index contributed by atoms with van der Waals surface area (Å²) in [6.07, 6.45) is 2.75. The Bertz CT molecular complexity index is 1560. The lowest BCUT2D eigenvalue weighted by atomic mass is 10.2. The van der Waals surface area contributed by atoms with E-state index >= 15 is 0 Å². The number of carbonyl (C=O) groups is 1. The number of nitrogens with zero attached hydrogens (tertiary/aromatic N) is 2. The number of nitrogens with one attached hydrogen (secondary N) is 1. The Morgan fingerprint density at radius 2 is 1.48 bits per heavy atom. The van der Waals surface area contributed by atoms with Gasteiger partial charge in [0, 0.05) is 19.2 Å². The van der Waals surface area contributed by atoms with Crippen LogP contribution in [0.3, 0.4) is 0 Å². The zero-order valence-electron chi connectivity index (χ0n) is 23.6. The average Bonchev–Trinajstić information content (AvgIpc) is 3.02. The van der Waals surface area contributed by atoms with Crippen LogP contribution in [0.5, 0.6) is 17.2 Å². The smallest absolute Gasteiger partial charge is 0.264 e. The molecule has 226 valence electrons. The lowest BCUT2D eigenvalue weighted by molar-refractivity contribution is -0.119. The van der Waals surface area contributed by atoms with Gasteiger partial charge < -0.3 is 19.5 Å². The van der Waals surface area contributed by atoms with E-state index in [4.69, 9.17) is 14.2 Å². The Morgan fingerprint density at radius 1 is 0.833 bits per heavy atom. The normalized spacial score (nSPS) is 14.1. The lowest BCUT2D eigenvalue weighted by Crippen LogP contribution is -2.41. The van der Waals surface area contributed by atoms with E-state index in [-0.39, 0.29) is 28.7 Å². The third-order valence-electron chi connectivity index (χ3n) is 6.74. The third kappa shape index (κ3) is 7.33. The van der Waals surface area contributed by atoms with Crippen LogP contribution in [0.1, 0.15) is 19.3 Å². The molecule has 3 aromatic carbocycles. The van der Waals surface area contributed by atoms with Gasteiger partial charge in [0.1, 0.15) is 18.9 Å². The Morgan fingerprint density at radius 3 is 2.12 bits per heavy atom. The fraction of sp³-hybridized carbons (Fsp3) is 0.345. The molecule has 4 rings (SSSR count).